The molecule has 4 rings (SSSR count). The Morgan fingerprint density at radius 1 is 0.950 bits per heavy atom. The largest absolute Gasteiger partial charge is 0.497 e. The van der Waals surface area contributed by atoms with Gasteiger partial charge in [0.2, 0.25) is 15.9 Å². The maximum atomic E-state index is 13.7. The lowest BCUT2D eigenvalue weighted by Crippen LogP contribution is -2.53. The van der Waals surface area contributed by atoms with E-state index >= 15 is 0 Å². The third-order valence-corrected chi connectivity index (χ3v) is 10.9. The number of piperidine rings is 1. The Kier molecular flexibility index (Phi) is 10.1. The average Bonchev–Trinajstić information content (AvgIpc) is 2.92. The van der Waals surface area contributed by atoms with E-state index in [9.17, 15) is 26.4 Å². The van der Waals surface area contributed by atoms with Crippen LogP contribution in [-0.4, -0.2) is 99.7 Å². The summed E-state index contributed by atoms with van der Waals surface area (Å²) in [5.74, 6) is -0.726. The van der Waals surface area contributed by atoms with E-state index in [1.807, 2.05) is 0 Å². The Morgan fingerprint density at radius 2 is 1.57 bits per heavy atom. The van der Waals surface area contributed by atoms with E-state index in [2.05, 4.69) is 4.90 Å². The lowest BCUT2D eigenvalue weighted by molar-refractivity contribution is -0.184. The highest BCUT2D eigenvalue weighted by Gasteiger charge is 2.42. The topological polar surface area (TPSA) is 79.4 Å². The first-order valence-electron chi connectivity index (χ1n) is 14.2. The fraction of sp³-hybridized carbons (Fsp3) is 0.750. The van der Waals surface area contributed by atoms with E-state index in [1.165, 1.54) is 4.31 Å². The molecule has 40 heavy (non-hydrogen) atoms. The molecule has 3 fully saturated rings. The van der Waals surface area contributed by atoms with Crippen LogP contribution in [0.25, 0.3) is 0 Å². The van der Waals surface area contributed by atoms with Crippen molar-refractivity contribution >= 4 is 15.9 Å². The number of rotatable bonds is 8. The van der Waals surface area contributed by atoms with Crippen molar-refractivity contribution in [1.29, 1.82) is 0 Å². The number of alkyl halides is 3. The molecule has 2 saturated heterocycles. The molecule has 0 bridgehead atoms. The lowest BCUT2D eigenvalue weighted by atomic mass is 9.84. The third kappa shape index (κ3) is 7.11. The molecule has 1 aliphatic carbocycles. The zero-order chi connectivity index (χ0) is 29.1. The number of ether oxygens (including phenoxy) is 2. The number of methoxy groups -OCH3 is 1. The van der Waals surface area contributed by atoms with Crippen molar-refractivity contribution in [3.8, 4) is 5.75 Å². The molecule has 0 spiro atoms. The van der Waals surface area contributed by atoms with E-state index in [0.29, 0.717) is 73.8 Å². The van der Waals surface area contributed by atoms with Gasteiger partial charge in [-0.2, -0.15) is 17.5 Å². The van der Waals surface area contributed by atoms with Gasteiger partial charge in [-0.05, 0) is 75.6 Å². The fourth-order valence-corrected chi connectivity index (χ4v) is 8.58. The molecule has 226 valence electrons. The molecule has 0 aromatic heterocycles. The minimum atomic E-state index is -4.11. The molecule has 1 atom stereocenters. The van der Waals surface area contributed by atoms with Gasteiger partial charge >= 0.3 is 6.18 Å². The first-order chi connectivity index (χ1) is 18.9. The second-order valence-electron chi connectivity index (χ2n) is 11.3. The number of hydrogen-bond donors (Lipinski definition) is 0. The summed E-state index contributed by atoms with van der Waals surface area (Å²) in [6.07, 6.45) is -0.361. The maximum Gasteiger partial charge on any atom is 0.391 e. The number of aryl methyl sites for hydroxylation is 2. The number of halogens is 3. The molecular weight excluding hydrogens is 547 g/mol. The molecule has 1 saturated carbocycles. The minimum absolute atomic E-state index is 0.123. The van der Waals surface area contributed by atoms with Crippen molar-refractivity contribution in [2.45, 2.75) is 81.9 Å². The molecule has 1 aromatic rings. The smallest absolute Gasteiger partial charge is 0.391 e. The minimum Gasteiger partial charge on any atom is -0.497 e. The molecule has 0 N–H and O–H groups in total. The lowest BCUT2D eigenvalue weighted by Gasteiger charge is -2.42. The predicted molar refractivity (Wildman–Crippen MR) is 145 cm³/mol. The number of nitrogens with zero attached hydrogens (tertiary/aromatic N) is 3. The Labute approximate surface area is 235 Å². The van der Waals surface area contributed by atoms with Crippen molar-refractivity contribution < 1.29 is 35.9 Å². The molecular formula is C28H42F3N3O5S. The van der Waals surface area contributed by atoms with Crippen molar-refractivity contribution in [3.05, 3.63) is 23.3 Å². The second kappa shape index (κ2) is 13.0. The normalized spacial score (nSPS) is 25.6. The predicted octanol–water partition coefficient (Wildman–Crippen LogP) is 4.14. The van der Waals surface area contributed by atoms with Crippen LogP contribution in [0.3, 0.4) is 0 Å². The maximum absolute atomic E-state index is 13.7. The third-order valence-electron chi connectivity index (χ3n) is 8.69. The first-order valence-corrected chi connectivity index (χ1v) is 15.7. The zero-order valence-corrected chi connectivity index (χ0v) is 24.5. The van der Waals surface area contributed by atoms with Crippen LogP contribution < -0.4 is 4.74 Å². The van der Waals surface area contributed by atoms with E-state index in [1.54, 1.807) is 38.0 Å². The summed E-state index contributed by atoms with van der Waals surface area (Å²) in [4.78, 5) is 17.1. The number of carbonyl (C=O) groups is 1. The summed E-state index contributed by atoms with van der Waals surface area (Å²) in [6.45, 7) is 6.27. The first kappa shape index (κ1) is 31.1. The van der Waals surface area contributed by atoms with Crippen molar-refractivity contribution in [2.75, 3.05) is 53.0 Å². The standard InChI is InChI=1S/C28H42F3N3O5S/c1-20-16-25(38-3)17-21(2)27(20)40(36,37)34-11-5-4-6-24(34)18-39-19-26(35)33-14-12-32(13-15-33)23-9-7-22(8-10-23)28(29,30)31/h16-17,22-24H,4-15,18-19H2,1-3H3. The van der Waals surface area contributed by atoms with Crippen LogP contribution in [0.2, 0.25) is 0 Å². The van der Waals surface area contributed by atoms with Crippen LogP contribution >= 0.6 is 0 Å². The van der Waals surface area contributed by atoms with Crippen LogP contribution in [0.15, 0.2) is 17.0 Å². The molecule has 2 heterocycles. The number of sulfonamides is 1. The second-order valence-corrected chi connectivity index (χ2v) is 13.2. The number of piperazine rings is 1. The summed E-state index contributed by atoms with van der Waals surface area (Å²) < 4.78 is 79.0. The van der Waals surface area contributed by atoms with Crippen molar-refractivity contribution in [1.82, 2.24) is 14.1 Å². The molecule has 3 aliphatic rings. The molecule has 0 radical (unpaired) electrons. The summed E-state index contributed by atoms with van der Waals surface area (Å²) in [7, 11) is -2.21. The van der Waals surface area contributed by atoms with E-state index in [-0.39, 0.29) is 44.0 Å². The van der Waals surface area contributed by atoms with Gasteiger partial charge in [0.05, 0.1) is 24.5 Å². The molecule has 1 unspecified atom stereocenters. The monoisotopic (exact) mass is 589 g/mol. The highest BCUT2D eigenvalue weighted by atomic mass is 32.2. The van der Waals surface area contributed by atoms with Gasteiger partial charge in [-0.25, -0.2) is 8.42 Å². The Hall–Kier alpha value is -1.89. The van der Waals surface area contributed by atoms with E-state index in [0.717, 1.165) is 12.8 Å². The number of amides is 1. The molecule has 1 aromatic carbocycles. The van der Waals surface area contributed by atoms with Gasteiger partial charge in [0.1, 0.15) is 12.4 Å². The Balaban J connectivity index is 1.27. The number of carbonyl (C=O) groups excluding carboxylic acids is 1. The van der Waals surface area contributed by atoms with Crippen LogP contribution in [0.5, 0.6) is 5.75 Å². The van der Waals surface area contributed by atoms with Gasteiger partial charge < -0.3 is 14.4 Å². The molecule has 2 aliphatic heterocycles. The average molecular weight is 590 g/mol. The summed E-state index contributed by atoms with van der Waals surface area (Å²) in [5, 5.41) is 0. The van der Waals surface area contributed by atoms with E-state index < -0.39 is 22.1 Å². The van der Waals surface area contributed by atoms with Crippen LogP contribution in [0, 0.1) is 19.8 Å². The number of benzene rings is 1. The highest BCUT2D eigenvalue weighted by Crippen LogP contribution is 2.39. The fourth-order valence-electron chi connectivity index (χ4n) is 6.49. The number of hydrogen-bond acceptors (Lipinski definition) is 6. The highest BCUT2D eigenvalue weighted by molar-refractivity contribution is 7.89. The van der Waals surface area contributed by atoms with Crippen LogP contribution in [0.4, 0.5) is 13.2 Å². The quantitative estimate of drug-likeness (QED) is 0.454. The summed E-state index contributed by atoms with van der Waals surface area (Å²) in [5.41, 5.74) is 1.26. The molecule has 12 heteroatoms. The summed E-state index contributed by atoms with van der Waals surface area (Å²) >= 11 is 0. The Bertz CT molecular complexity index is 1110. The van der Waals surface area contributed by atoms with Gasteiger partial charge in [-0.15, -0.1) is 0 Å². The van der Waals surface area contributed by atoms with Gasteiger partial charge in [0.15, 0.2) is 0 Å². The van der Waals surface area contributed by atoms with Gasteiger partial charge in [0, 0.05) is 44.8 Å². The van der Waals surface area contributed by atoms with Crippen molar-refractivity contribution in [3.63, 3.8) is 0 Å². The van der Waals surface area contributed by atoms with Crippen LogP contribution in [-0.2, 0) is 19.6 Å². The summed E-state index contributed by atoms with van der Waals surface area (Å²) in [6, 6.07) is 3.24. The van der Waals surface area contributed by atoms with Crippen molar-refractivity contribution in [2.24, 2.45) is 5.92 Å². The zero-order valence-electron chi connectivity index (χ0n) is 23.7. The van der Waals surface area contributed by atoms with E-state index in [4.69, 9.17) is 9.47 Å². The molecule has 1 amide bonds. The Morgan fingerprint density at radius 3 is 2.15 bits per heavy atom. The van der Waals surface area contributed by atoms with Gasteiger partial charge in [-0.3, -0.25) is 9.69 Å². The van der Waals surface area contributed by atoms with Gasteiger partial charge in [0.25, 0.3) is 0 Å². The van der Waals surface area contributed by atoms with Crippen LogP contribution in [0.1, 0.15) is 56.1 Å². The molecule has 8 nitrogen and oxygen atoms in total. The SMILES string of the molecule is COc1cc(C)c(S(=O)(=O)N2CCCCC2COCC(=O)N2CCN(C3CCC(C(F)(F)F)CC3)CC2)c(C)c1. The van der Waals surface area contributed by atoms with Gasteiger partial charge in [-0.1, -0.05) is 6.42 Å².